The molecule has 19 heteroatoms. The van der Waals surface area contributed by atoms with Crippen LogP contribution < -0.4 is 16.9 Å². The molecule has 6 rings (SSSR count). The van der Waals surface area contributed by atoms with Gasteiger partial charge in [-0.25, -0.2) is 19.5 Å². The highest BCUT2D eigenvalue weighted by Crippen LogP contribution is 2.61. The van der Waals surface area contributed by atoms with Crippen LogP contribution in [0.25, 0.3) is 22.3 Å². The van der Waals surface area contributed by atoms with Crippen molar-refractivity contribution in [3.8, 4) is 0 Å². The number of fused-ring (bicyclic) bond motifs is 3. The number of aliphatic hydroxyl groups is 2. The zero-order valence-electron chi connectivity index (χ0n) is 18.6. The molecule has 0 aromatic carbocycles. The number of aromatic nitrogens is 8. The molecule has 2 fully saturated rings. The molecule has 6 N–H and O–H groups in total. The maximum atomic E-state index is 13.1. The number of rotatable bonds is 8. The third-order valence-corrected chi connectivity index (χ3v) is 7.87. The van der Waals surface area contributed by atoms with E-state index in [-0.39, 0.29) is 41.3 Å². The molecule has 37 heavy (non-hydrogen) atoms. The second-order valence-corrected chi connectivity index (χ2v) is 11.4. The summed E-state index contributed by atoms with van der Waals surface area (Å²) in [5.74, 6) is -0.662. The van der Waals surface area contributed by atoms with Gasteiger partial charge in [-0.2, -0.15) is 4.98 Å². The summed E-state index contributed by atoms with van der Waals surface area (Å²) in [5, 5.41) is 20.6. The fourth-order valence-electron chi connectivity index (χ4n) is 4.42. The molecule has 4 aromatic heterocycles. The van der Waals surface area contributed by atoms with E-state index in [4.69, 9.17) is 19.5 Å². The van der Waals surface area contributed by atoms with Crippen LogP contribution in [0.3, 0.4) is 0 Å². The van der Waals surface area contributed by atoms with Gasteiger partial charge in [0, 0.05) is 12.3 Å². The van der Waals surface area contributed by atoms with E-state index in [9.17, 15) is 24.4 Å². The third kappa shape index (κ3) is 4.15. The standard InChI is InChI=1S/C18H20N9O8PS/c19-18-24-14-9(16(31)25-18)23-5-27(14)17-12(7-10(29)11(7)34-17)35-36(32,37)33-2-1-6(28)26-4-22-8-13(26)20-3-21-15(8)30/h3-7,10-12,17,28-29H,1-2H2,(H,32,37)(H,20,21,30)(H3,19,24,25,31)/t6-,7?,10?,11+,12-,17-,36?/m1/s1. The second kappa shape index (κ2) is 8.73. The lowest BCUT2D eigenvalue weighted by molar-refractivity contribution is -0.0607. The highest BCUT2D eigenvalue weighted by molar-refractivity contribution is 8.44. The van der Waals surface area contributed by atoms with Crippen LogP contribution in [0.15, 0.2) is 28.6 Å². The van der Waals surface area contributed by atoms with E-state index in [1.165, 1.54) is 28.1 Å². The van der Waals surface area contributed by atoms with Gasteiger partial charge in [-0.3, -0.25) is 28.2 Å². The van der Waals surface area contributed by atoms with Crippen LogP contribution in [0.1, 0.15) is 18.9 Å². The number of ether oxygens (including phenoxy) is 1. The first-order chi connectivity index (χ1) is 17.6. The molecule has 0 bridgehead atoms. The van der Waals surface area contributed by atoms with Crippen molar-refractivity contribution in [3.63, 3.8) is 0 Å². The molecule has 2 aliphatic rings. The van der Waals surface area contributed by atoms with Crippen LogP contribution in [0, 0.1) is 5.92 Å². The molecule has 0 spiro atoms. The second-order valence-electron chi connectivity index (χ2n) is 8.53. The molecule has 1 aliphatic carbocycles. The average Bonchev–Trinajstić information content (AvgIpc) is 3.24. The Morgan fingerprint density at radius 2 is 1.97 bits per heavy atom. The normalized spacial score (nSPS) is 27.4. The highest BCUT2D eigenvalue weighted by atomic mass is 32.7. The van der Waals surface area contributed by atoms with Gasteiger partial charge in [-0.05, 0) is 0 Å². The fraction of sp³-hybridized carbons (Fsp3) is 0.444. The van der Waals surface area contributed by atoms with Crippen LogP contribution in [-0.2, 0) is 18.3 Å². The SMILES string of the molecule is Nc1nc2c(ncn2[C@@H]2O[C@@H]3C(O)C3[C@H]2OP(=O)(S)OCC[C@@H](O)n2cnc3c(=O)[nH]cnc32)c(=O)[nH]1. The number of hydrogen-bond acceptors (Lipinski definition) is 13. The number of imidazole rings is 2. The first kappa shape index (κ1) is 24.2. The predicted molar refractivity (Wildman–Crippen MR) is 127 cm³/mol. The Morgan fingerprint density at radius 3 is 2.78 bits per heavy atom. The van der Waals surface area contributed by atoms with Crippen molar-refractivity contribution in [3.05, 3.63) is 39.7 Å². The van der Waals surface area contributed by atoms with Gasteiger partial charge in [0.15, 0.2) is 28.6 Å². The molecule has 0 radical (unpaired) electrons. The molecule has 5 heterocycles. The Balaban J connectivity index is 1.16. The summed E-state index contributed by atoms with van der Waals surface area (Å²) in [6, 6.07) is 0. The molecule has 1 aliphatic heterocycles. The van der Waals surface area contributed by atoms with Crippen LogP contribution in [0.2, 0.25) is 0 Å². The van der Waals surface area contributed by atoms with E-state index in [1.54, 1.807) is 0 Å². The van der Waals surface area contributed by atoms with Crippen molar-refractivity contribution in [2.75, 3.05) is 12.3 Å². The van der Waals surface area contributed by atoms with Crippen LogP contribution >= 0.6 is 19.0 Å². The first-order valence-electron chi connectivity index (χ1n) is 10.9. The fourth-order valence-corrected chi connectivity index (χ4v) is 5.94. The molecular weight excluding hydrogens is 533 g/mol. The van der Waals surface area contributed by atoms with Crippen molar-refractivity contribution in [1.29, 1.82) is 0 Å². The number of nitrogens with two attached hydrogens (primary N) is 1. The zero-order valence-corrected chi connectivity index (χ0v) is 20.4. The van der Waals surface area contributed by atoms with Crippen molar-refractivity contribution in [2.45, 2.75) is 37.2 Å². The van der Waals surface area contributed by atoms with Gasteiger partial charge in [-0.15, -0.1) is 0 Å². The number of nitrogens with one attached hydrogen (secondary N) is 2. The van der Waals surface area contributed by atoms with E-state index in [0.29, 0.717) is 0 Å². The summed E-state index contributed by atoms with van der Waals surface area (Å²) in [4.78, 5) is 44.7. The zero-order chi connectivity index (χ0) is 26.1. The number of H-pyrrole nitrogens is 2. The highest BCUT2D eigenvalue weighted by Gasteiger charge is 2.66. The Bertz CT molecular complexity index is 1670. The Hall–Kier alpha value is -3.12. The lowest BCUT2D eigenvalue weighted by Gasteiger charge is -2.26. The molecule has 1 saturated carbocycles. The first-order valence-corrected chi connectivity index (χ1v) is 13.6. The summed E-state index contributed by atoms with van der Waals surface area (Å²) < 4.78 is 32.6. The maximum absolute atomic E-state index is 13.1. The van der Waals surface area contributed by atoms with E-state index in [0.717, 1.165) is 0 Å². The largest absolute Gasteiger partial charge is 0.390 e. The minimum Gasteiger partial charge on any atom is -0.390 e. The predicted octanol–water partition coefficient (Wildman–Crippen LogP) is -0.956. The van der Waals surface area contributed by atoms with Crippen molar-refractivity contribution < 1.29 is 28.6 Å². The molecule has 0 amide bonds. The van der Waals surface area contributed by atoms with Crippen LogP contribution in [-0.4, -0.2) is 74.2 Å². The van der Waals surface area contributed by atoms with Gasteiger partial charge in [-0.1, -0.05) is 12.2 Å². The number of nitrogen functional groups attached to an aromatic ring is 1. The monoisotopic (exact) mass is 553 g/mol. The van der Waals surface area contributed by atoms with Crippen LogP contribution in [0.5, 0.6) is 0 Å². The molecule has 3 unspecified atom stereocenters. The minimum atomic E-state index is -4.04. The molecular formula is C18H20N9O8PS. The molecule has 1 saturated heterocycles. The number of aromatic amines is 2. The van der Waals surface area contributed by atoms with Crippen molar-refractivity contribution >= 4 is 47.3 Å². The van der Waals surface area contributed by atoms with E-state index < -0.39 is 54.6 Å². The molecule has 17 nitrogen and oxygen atoms in total. The number of anilines is 1. The number of aliphatic hydroxyl groups excluding tert-OH is 2. The number of hydrogen-bond donors (Lipinski definition) is 6. The average molecular weight is 553 g/mol. The lowest BCUT2D eigenvalue weighted by Crippen LogP contribution is -2.28. The van der Waals surface area contributed by atoms with Gasteiger partial charge in [0.25, 0.3) is 11.1 Å². The number of thiol groups is 1. The van der Waals surface area contributed by atoms with E-state index in [1.807, 2.05) is 0 Å². The summed E-state index contributed by atoms with van der Waals surface area (Å²) in [6.07, 6.45) is -0.892. The summed E-state index contributed by atoms with van der Waals surface area (Å²) in [6.45, 7) is -4.29. The molecule has 7 atom stereocenters. The minimum absolute atomic E-state index is 0.0143. The third-order valence-electron chi connectivity index (χ3n) is 6.22. The topological polar surface area (TPSA) is 238 Å². The lowest BCUT2D eigenvalue weighted by atomic mass is 10.2. The maximum Gasteiger partial charge on any atom is 0.386 e. The Labute approximate surface area is 210 Å². The van der Waals surface area contributed by atoms with E-state index in [2.05, 4.69) is 42.2 Å². The van der Waals surface area contributed by atoms with Gasteiger partial charge in [0.05, 0.1) is 37.8 Å². The van der Waals surface area contributed by atoms with Gasteiger partial charge >= 0.3 is 6.80 Å². The Kier molecular flexibility index (Phi) is 5.72. The number of nitrogens with zero attached hydrogens (tertiary/aromatic N) is 6. The summed E-state index contributed by atoms with van der Waals surface area (Å²) in [7, 11) is 0. The summed E-state index contributed by atoms with van der Waals surface area (Å²) in [5.41, 5.74) is 5.01. The molecule has 4 aromatic rings. The van der Waals surface area contributed by atoms with Crippen molar-refractivity contribution in [2.24, 2.45) is 5.92 Å². The molecule has 196 valence electrons. The van der Waals surface area contributed by atoms with Crippen LogP contribution in [0.4, 0.5) is 5.95 Å². The smallest absolute Gasteiger partial charge is 0.386 e. The van der Waals surface area contributed by atoms with Gasteiger partial charge in [0.2, 0.25) is 5.95 Å². The van der Waals surface area contributed by atoms with Gasteiger partial charge < -0.3 is 30.2 Å². The van der Waals surface area contributed by atoms with Crippen molar-refractivity contribution in [1.82, 2.24) is 39.0 Å². The van der Waals surface area contributed by atoms with Gasteiger partial charge in [0.1, 0.15) is 12.3 Å². The van der Waals surface area contributed by atoms with E-state index >= 15 is 0 Å². The summed E-state index contributed by atoms with van der Waals surface area (Å²) >= 11 is 4.04. The Morgan fingerprint density at radius 1 is 1.22 bits per heavy atom. The quantitative estimate of drug-likeness (QED) is 0.114.